The summed E-state index contributed by atoms with van der Waals surface area (Å²) in [6.07, 6.45) is 0. The molecule has 6 nitrogen and oxygen atoms in total. The van der Waals surface area contributed by atoms with E-state index in [1.807, 2.05) is 0 Å². The summed E-state index contributed by atoms with van der Waals surface area (Å²) in [5.74, 6) is 2.37. The number of rotatable bonds is 3. The standard InChI is InChI=1S/C14H11ClN2O4/c15-11-5-8(1-3-10(11)14(16)17-18)21-9-2-4-12-13(6-9)20-7-19-12/h1-6,18H,7H2,(H2,16,17). The molecule has 0 aliphatic carbocycles. The third kappa shape index (κ3) is 2.66. The van der Waals surface area contributed by atoms with Gasteiger partial charge in [-0.15, -0.1) is 0 Å². The van der Waals surface area contributed by atoms with Crippen molar-refractivity contribution in [2.45, 2.75) is 0 Å². The zero-order valence-corrected chi connectivity index (χ0v) is 11.5. The molecule has 1 aliphatic rings. The van der Waals surface area contributed by atoms with E-state index >= 15 is 0 Å². The van der Waals surface area contributed by atoms with Crippen LogP contribution in [0, 0.1) is 0 Å². The van der Waals surface area contributed by atoms with Gasteiger partial charge in [-0.05, 0) is 24.3 Å². The average Bonchev–Trinajstić information content (AvgIpc) is 2.94. The number of nitrogens with zero attached hydrogens (tertiary/aromatic N) is 1. The molecular formula is C14H11ClN2O4. The number of ether oxygens (including phenoxy) is 3. The number of hydrogen-bond donors (Lipinski definition) is 2. The lowest BCUT2D eigenvalue weighted by Gasteiger charge is -2.08. The van der Waals surface area contributed by atoms with Crippen molar-refractivity contribution >= 4 is 17.4 Å². The second-order valence-electron chi connectivity index (χ2n) is 4.24. The molecule has 0 spiro atoms. The fourth-order valence-corrected chi connectivity index (χ4v) is 2.16. The summed E-state index contributed by atoms with van der Waals surface area (Å²) in [5.41, 5.74) is 5.93. The first-order valence-electron chi connectivity index (χ1n) is 6.02. The maximum atomic E-state index is 8.65. The largest absolute Gasteiger partial charge is 0.457 e. The van der Waals surface area contributed by atoms with Gasteiger partial charge in [0.05, 0.1) is 5.02 Å². The molecule has 0 fully saturated rings. The van der Waals surface area contributed by atoms with Crippen LogP contribution < -0.4 is 19.9 Å². The molecule has 0 saturated carbocycles. The molecule has 2 aromatic carbocycles. The number of hydrogen-bond acceptors (Lipinski definition) is 5. The third-order valence-electron chi connectivity index (χ3n) is 2.90. The molecule has 3 N–H and O–H groups in total. The van der Waals surface area contributed by atoms with Crippen LogP contribution in [0.25, 0.3) is 0 Å². The Hall–Kier alpha value is -2.60. The summed E-state index contributed by atoms with van der Waals surface area (Å²) < 4.78 is 16.2. The quantitative estimate of drug-likeness (QED) is 0.394. The van der Waals surface area contributed by atoms with E-state index in [9.17, 15) is 0 Å². The molecule has 2 aromatic rings. The Morgan fingerprint density at radius 2 is 1.86 bits per heavy atom. The molecule has 1 heterocycles. The van der Waals surface area contributed by atoms with Crippen LogP contribution in [0.1, 0.15) is 5.56 Å². The summed E-state index contributed by atoms with van der Waals surface area (Å²) in [5, 5.41) is 11.9. The topological polar surface area (TPSA) is 86.3 Å². The molecule has 0 saturated heterocycles. The number of benzene rings is 2. The third-order valence-corrected chi connectivity index (χ3v) is 3.22. The zero-order valence-electron chi connectivity index (χ0n) is 10.7. The van der Waals surface area contributed by atoms with Crippen LogP contribution in [-0.2, 0) is 0 Å². The first kappa shape index (κ1) is 13.4. The van der Waals surface area contributed by atoms with Crippen LogP contribution in [0.5, 0.6) is 23.0 Å². The molecule has 7 heteroatoms. The monoisotopic (exact) mass is 306 g/mol. The lowest BCUT2D eigenvalue weighted by Crippen LogP contribution is -2.13. The summed E-state index contributed by atoms with van der Waals surface area (Å²) in [6.45, 7) is 0.207. The summed E-state index contributed by atoms with van der Waals surface area (Å²) in [6, 6.07) is 10.1. The first-order valence-corrected chi connectivity index (χ1v) is 6.40. The van der Waals surface area contributed by atoms with Crippen LogP contribution in [0.2, 0.25) is 5.02 Å². The molecular weight excluding hydrogens is 296 g/mol. The lowest BCUT2D eigenvalue weighted by atomic mass is 10.2. The Bertz CT molecular complexity index is 718. The van der Waals surface area contributed by atoms with E-state index in [1.165, 1.54) is 0 Å². The second kappa shape index (κ2) is 5.41. The number of oxime groups is 1. The molecule has 0 unspecified atom stereocenters. The minimum atomic E-state index is -0.0605. The maximum absolute atomic E-state index is 8.65. The minimum absolute atomic E-state index is 0.0605. The molecule has 21 heavy (non-hydrogen) atoms. The van der Waals surface area contributed by atoms with E-state index < -0.39 is 0 Å². The molecule has 1 aliphatic heterocycles. The van der Waals surface area contributed by atoms with Crippen molar-refractivity contribution in [3.63, 3.8) is 0 Å². The van der Waals surface area contributed by atoms with E-state index in [1.54, 1.807) is 36.4 Å². The Kier molecular flexibility index (Phi) is 3.45. The fourth-order valence-electron chi connectivity index (χ4n) is 1.90. The first-order chi connectivity index (χ1) is 10.2. The summed E-state index contributed by atoms with van der Waals surface area (Å²) >= 11 is 6.07. The number of halogens is 1. The van der Waals surface area contributed by atoms with Crippen molar-refractivity contribution in [3.05, 3.63) is 47.0 Å². The van der Waals surface area contributed by atoms with Crippen LogP contribution >= 0.6 is 11.6 Å². The van der Waals surface area contributed by atoms with Crippen molar-refractivity contribution in [1.29, 1.82) is 0 Å². The molecule has 0 aromatic heterocycles. The Labute approximate surface area is 125 Å². The van der Waals surface area contributed by atoms with Crippen molar-refractivity contribution in [1.82, 2.24) is 0 Å². The van der Waals surface area contributed by atoms with E-state index in [-0.39, 0.29) is 12.6 Å². The van der Waals surface area contributed by atoms with E-state index in [0.29, 0.717) is 33.6 Å². The van der Waals surface area contributed by atoms with Crippen LogP contribution in [0.3, 0.4) is 0 Å². The number of nitrogens with two attached hydrogens (primary N) is 1. The van der Waals surface area contributed by atoms with Crippen LogP contribution in [-0.4, -0.2) is 17.8 Å². The second-order valence-corrected chi connectivity index (χ2v) is 4.65. The fraction of sp³-hybridized carbons (Fsp3) is 0.0714. The van der Waals surface area contributed by atoms with E-state index in [0.717, 1.165) is 0 Å². The molecule has 0 amide bonds. The molecule has 0 radical (unpaired) electrons. The molecule has 3 rings (SSSR count). The van der Waals surface area contributed by atoms with Gasteiger partial charge in [-0.1, -0.05) is 16.8 Å². The van der Waals surface area contributed by atoms with E-state index in [2.05, 4.69) is 5.16 Å². The van der Waals surface area contributed by atoms with Crippen molar-refractivity contribution in [3.8, 4) is 23.0 Å². The minimum Gasteiger partial charge on any atom is -0.457 e. The average molecular weight is 307 g/mol. The highest BCUT2D eigenvalue weighted by Crippen LogP contribution is 2.37. The SMILES string of the molecule is NC(=NO)c1ccc(Oc2ccc3c(c2)OCO3)cc1Cl. The smallest absolute Gasteiger partial charge is 0.231 e. The van der Waals surface area contributed by atoms with Gasteiger partial charge in [0.25, 0.3) is 0 Å². The maximum Gasteiger partial charge on any atom is 0.231 e. The van der Waals surface area contributed by atoms with Gasteiger partial charge < -0.3 is 25.2 Å². The van der Waals surface area contributed by atoms with Crippen molar-refractivity contribution in [2.24, 2.45) is 10.9 Å². The molecule has 0 bridgehead atoms. The van der Waals surface area contributed by atoms with Gasteiger partial charge in [0.2, 0.25) is 6.79 Å². The lowest BCUT2D eigenvalue weighted by molar-refractivity contribution is 0.174. The van der Waals surface area contributed by atoms with Gasteiger partial charge in [-0.25, -0.2) is 0 Å². The van der Waals surface area contributed by atoms with Crippen LogP contribution in [0.4, 0.5) is 0 Å². The zero-order chi connectivity index (χ0) is 14.8. The Morgan fingerprint density at radius 1 is 1.14 bits per heavy atom. The van der Waals surface area contributed by atoms with Gasteiger partial charge in [-0.3, -0.25) is 0 Å². The number of amidine groups is 1. The predicted octanol–water partition coefficient (Wildman–Crippen LogP) is 2.96. The van der Waals surface area contributed by atoms with Crippen molar-refractivity contribution in [2.75, 3.05) is 6.79 Å². The summed E-state index contributed by atoms with van der Waals surface area (Å²) in [4.78, 5) is 0. The van der Waals surface area contributed by atoms with Gasteiger partial charge >= 0.3 is 0 Å². The van der Waals surface area contributed by atoms with Gasteiger partial charge in [-0.2, -0.15) is 0 Å². The Balaban J connectivity index is 1.84. The van der Waals surface area contributed by atoms with Crippen molar-refractivity contribution < 1.29 is 19.4 Å². The normalized spacial score (nSPS) is 13.3. The van der Waals surface area contributed by atoms with Gasteiger partial charge in [0.1, 0.15) is 11.5 Å². The highest BCUT2D eigenvalue weighted by Gasteiger charge is 2.14. The van der Waals surface area contributed by atoms with Gasteiger partial charge in [0.15, 0.2) is 17.3 Å². The number of fused-ring (bicyclic) bond motifs is 1. The van der Waals surface area contributed by atoms with Crippen LogP contribution in [0.15, 0.2) is 41.6 Å². The van der Waals surface area contributed by atoms with Gasteiger partial charge in [0, 0.05) is 17.7 Å². The Morgan fingerprint density at radius 3 is 2.62 bits per heavy atom. The predicted molar refractivity (Wildman–Crippen MR) is 76.6 cm³/mol. The molecule has 108 valence electrons. The highest BCUT2D eigenvalue weighted by atomic mass is 35.5. The highest BCUT2D eigenvalue weighted by molar-refractivity contribution is 6.34. The van der Waals surface area contributed by atoms with E-state index in [4.69, 9.17) is 36.8 Å². The summed E-state index contributed by atoms with van der Waals surface area (Å²) in [7, 11) is 0. The molecule has 0 atom stereocenters.